The molecule has 1 aromatic heterocycles. The molecule has 0 saturated carbocycles. The van der Waals surface area contributed by atoms with E-state index in [1.165, 1.54) is 35.6 Å². The summed E-state index contributed by atoms with van der Waals surface area (Å²) >= 11 is 8.13. The second-order valence-electron chi connectivity index (χ2n) is 8.04. The first-order valence-corrected chi connectivity index (χ1v) is 13.2. The van der Waals surface area contributed by atoms with Gasteiger partial charge in [-0.2, -0.15) is 0 Å². The average molecular weight is 521 g/mol. The van der Waals surface area contributed by atoms with Gasteiger partial charge in [0.15, 0.2) is 0 Å². The zero-order valence-electron chi connectivity index (χ0n) is 18.6. The molecule has 1 heterocycles. The highest BCUT2D eigenvalue weighted by Gasteiger charge is 2.41. The Morgan fingerprint density at radius 1 is 0.970 bits per heavy atom. The van der Waals surface area contributed by atoms with Gasteiger partial charge >= 0.3 is 14.0 Å². The first-order valence-electron chi connectivity index (χ1n) is 10.4. The summed E-state index contributed by atoms with van der Waals surface area (Å²) in [4.78, 5) is 0.651. The SMILES string of the molecule is CC(C)OP(=O)(OC(C)C)C(Cc1ccc(OC(F)(F)F)cc1)c1sc2ccccc2c1Cl. The minimum Gasteiger partial charge on any atom is -0.406 e. The second kappa shape index (κ2) is 10.4. The summed E-state index contributed by atoms with van der Waals surface area (Å²) in [6.45, 7) is 7.07. The lowest BCUT2D eigenvalue weighted by molar-refractivity contribution is -0.274. The average Bonchev–Trinajstić information content (AvgIpc) is 3.01. The van der Waals surface area contributed by atoms with Gasteiger partial charge in [-0.15, -0.1) is 24.5 Å². The molecular formula is C23H25ClF3O4PS. The van der Waals surface area contributed by atoms with Crippen LogP contribution in [0.5, 0.6) is 5.75 Å². The van der Waals surface area contributed by atoms with Gasteiger partial charge in [-0.3, -0.25) is 4.57 Å². The van der Waals surface area contributed by atoms with Gasteiger partial charge in [0, 0.05) is 15.0 Å². The zero-order chi connectivity index (χ0) is 24.4. The standard InChI is InChI=1S/C23H25ClF3O4PS/c1-14(2)30-32(28,31-15(3)4)19(22-21(24)18-7-5-6-8-20(18)33-22)13-16-9-11-17(12-10-16)29-23(25,26)27/h5-12,14-15,19H,13H2,1-4H3. The predicted octanol–water partition coefficient (Wildman–Crippen LogP) is 8.78. The molecule has 3 rings (SSSR count). The van der Waals surface area contributed by atoms with Crippen molar-refractivity contribution < 1.29 is 31.5 Å². The Morgan fingerprint density at radius 3 is 2.06 bits per heavy atom. The summed E-state index contributed by atoms with van der Waals surface area (Å²) in [6, 6.07) is 13.0. The number of fused-ring (bicyclic) bond motifs is 1. The van der Waals surface area contributed by atoms with Crippen LogP contribution in [0.15, 0.2) is 48.5 Å². The lowest BCUT2D eigenvalue weighted by Gasteiger charge is -2.30. The number of rotatable bonds is 9. The molecule has 0 aliphatic rings. The summed E-state index contributed by atoms with van der Waals surface area (Å²) in [5, 5.41) is 1.30. The summed E-state index contributed by atoms with van der Waals surface area (Å²) in [7, 11) is -3.74. The van der Waals surface area contributed by atoms with Crippen molar-refractivity contribution in [2.75, 3.05) is 0 Å². The molecule has 0 spiro atoms. The van der Waals surface area contributed by atoms with Gasteiger partial charge < -0.3 is 13.8 Å². The zero-order valence-corrected chi connectivity index (χ0v) is 21.0. The third-order valence-electron chi connectivity index (χ3n) is 4.55. The highest BCUT2D eigenvalue weighted by molar-refractivity contribution is 7.54. The van der Waals surface area contributed by atoms with E-state index in [1.807, 2.05) is 24.3 Å². The number of benzene rings is 2. The van der Waals surface area contributed by atoms with Crippen LogP contribution in [-0.2, 0) is 20.0 Å². The molecule has 0 saturated heterocycles. The van der Waals surface area contributed by atoms with E-state index in [-0.39, 0.29) is 24.4 Å². The smallest absolute Gasteiger partial charge is 0.406 e. The van der Waals surface area contributed by atoms with Crippen molar-refractivity contribution in [3.05, 3.63) is 64.0 Å². The highest BCUT2D eigenvalue weighted by Crippen LogP contribution is 2.66. The summed E-state index contributed by atoms with van der Waals surface area (Å²) < 4.78 is 68.3. The molecule has 2 aromatic carbocycles. The summed E-state index contributed by atoms with van der Waals surface area (Å²) in [5.41, 5.74) is -0.107. The maximum absolute atomic E-state index is 14.2. The first-order chi connectivity index (χ1) is 15.4. The van der Waals surface area contributed by atoms with E-state index in [4.69, 9.17) is 20.6 Å². The van der Waals surface area contributed by atoms with Gasteiger partial charge in [-0.25, -0.2) is 0 Å². The fraction of sp³-hybridized carbons (Fsp3) is 0.391. The summed E-state index contributed by atoms with van der Waals surface area (Å²) in [6.07, 6.45) is -5.35. The van der Waals surface area contributed by atoms with E-state index in [0.717, 1.165) is 10.1 Å². The molecule has 0 radical (unpaired) electrons. The van der Waals surface area contributed by atoms with Crippen LogP contribution in [0.4, 0.5) is 13.2 Å². The van der Waals surface area contributed by atoms with Crippen molar-refractivity contribution in [1.29, 1.82) is 0 Å². The molecule has 33 heavy (non-hydrogen) atoms. The molecule has 0 aliphatic carbocycles. The van der Waals surface area contributed by atoms with Crippen LogP contribution in [0.2, 0.25) is 5.02 Å². The van der Waals surface area contributed by atoms with E-state index in [0.29, 0.717) is 15.5 Å². The van der Waals surface area contributed by atoms with Crippen molar-refractivity contribution in [1.82, 2.24) is 0 Å². The maximum atomic E-state index is 14.2. The Balaban J connectivity index is 2.06. The van der Waals surface area contributed by atoms with Crippen molar-refractivity contribution in [2.45, 2.75) is 58.3 Å². The fourth-order valence-corrected chi connectivity index (χ4v) is 7.95. The number of alkyl halides is 3. The largest absolute Gasteiger partial charge is 0.573 e. The Kier molecular flexibility index (Phi) is 8.18. The molecular weight excluding hydrogens is 496 g/mol. The third-order valence-corrected chi connectivity index (χ3v) is 9.16. The molecule has 0 amide bonds. The van der Waals surface area contributed by atoms with Crippen LogP contribution >= 0.6 is 30.5 Å². The van der Waals surface area contributed by atoms with Gasteiger partial charge in [0.2, 0.25) is 0 Å². The van der Waals surface area contributed by atoms with Crippen molar-refractivity contribution in [2.24, 2.45) is 0 Å². The number of halogens is 4. The summed E-state index contributed by atoms with van der Waals surface area (Å²) in [5.74, 6) is -0.331. The minimum absolute atomic E-state index is 0.190. The highest BCUT2D eigenvalue weighted by atomic mass is 35.5. The number of hydrogen-bond donors (Lipinski definition) is 0. The predicted molar refractivity (Wildman–Crippen MR) is 126 cm³/mol. The maximum Gasteiger partial charge on any atom is 0.573 e. The van der Waals surface area contributed by atoms with E-state index < -0.39 is 19.6 Å². The van der Waals surface area contributed by atoms with E-state index in [2.05, 4.69) is 4.74 Å². The normalized spacial score (nSPS) is 13.8. The van der Waals surface area contributed by atoms with Crippen LogP contribution in [0.1, 0.15) is 43.8 Å². The lowest BCUT2D eigenvalue weighted by Crippen LogP contribution is -2.17. The van der Waals surface area contributed by atoms with E-state index in [9.17, 15) is 17.7 Å². The lowest BCUT2D eigenvalue weighted by atomic mass is 10.1. The van der Waals surface area contributed by atoms with Gasteiger partial charge in [0.05, 0.1) is 17.2 Å². The Hall–Kier alpha value is -1.57. The third kappa shape index (κ3) is 6.74. The molecule has 180 valence electrons. The Labute approximate surface area is 200 Å². The first kappa shape index (κ1) is 26.0. The topological polar surface area (TPSA) is 44.8 Å². The fourth-order valence-electron chi connectivity index (χ4n) is 3.41. The van der Waals surface area contributed by atoms with Gasteiger partial charge in [-0.1, -0.05) is 41.9 Å². The number of thiophene rings is 1. The molecule has 1 atom stereocenters. The molecule has 0 bridgehead atoms. The van der Waals surface area contributed by atoms with E-state index >= 15 is 0 Å². The Bertz CT molecular complexity index is 1110. The molecule has 4 nitrogen and oxygen atoms in total. The van der Waals surface area contributed by atoms with Gasteiger partial charge in [0.25, 0.3) is 0 Å². The Morgan fingerprint density at radius 2 is 1.55 bits per heavy atom. The van der Waals surface area contributed by atoms with Crippen molar-refractivity contribution in [3.8, 4) is 5.75 Å². The minimum atomic E-state index is -4.78. The molecule has 10 heteroatoms. The molecule has 0 aliphatic heterocycles. The van der Waals surface area contributed by atoms with Crippen molar-refractivity contribution in [3.63, 3.8) is 0 Å². The second-order valence-corrected chi connectivity index (χ2v) is 11.6. The van der Waals surface area contributed by atoms with E-state index in [1.54, 1.807) is 27.7 Å². The van der Waals surface area contributed by atoms with Crippen molar-refractivity contribution >= 4 is 40.6 Å². The van der Waals surface area contributed by atoms with Crippen LogP contribution in [0.25, 0.3) is 10.1 Å². The van der Waals surface area contributed by atoms with Crippen LogP contribution < -0.4 is 4.74 Å². The monoisotopic (exact) mass is 520 g/mol. The number of ether oxygens (including phenoxy) is 1. The molecule has 3 aromatic rings. The molecule has 1 unspecified atom stereocenters. The van der Waals surface area contributed by atoms with Gasteiger partial charge in [0.1, 0.15) is 11.4 Å². The molecule has 0 N–H and O–H groups in total. The van der Waals surface area contributed by atoms with Crippen LogP contribution in [0.3, 0.4) is 0 Å². The molecule has 0 fully saturated rings. The van der Waals surface area contributed by atoms with Gasteiger partial charge in [-0.05, 0) is 57.9 Å². The quantitative estimate of drug-likeness (QED) is 0.264. The number of hydrogen-bond acceptors (Lipinski definition) is 5. The van der Waals surface area contributed by atoms with Crippen LogP contribution in [0, 0.1) is 0 Å². The van der Waals surface area contributed by atoms with Crippen LogP contribution in [-0.4, -0.2) is 18.6 Å².